The predicted octanol–water partition coefficient (Wildman–Crippen LogP) is 6.13. The minimum Gasteiger partial charge on any atom is -0.377 e. The summed E-state index contributed by atoms with van der Waals surface area (Å²) in [5, 5.41) is 0. The summed E-state index contributed by atoms with van der Waals surface area (Å²) in [5.74, 6) is 0.294. The molecule has 1 aromatic heterocycles. The van der Waals surface area contributed by atoms with E-state index >= 15 is 0 Å². The molecular formula is C29H42N2O2. The monoisotopic (exact) mass is 450 g/mol. The van der Waals surface area contributed by atoms with Gasteiger partial charge in [0, 0.05) is 31.8 Å². The number of ketones is 1. The Morgan fingerprint density at radius 3 is 2.55 bits per heavy atom. The van der Waals surface area contributed by atoms with E-state index in [1.807, 2.05) is 41.8 Å². The number of rotatable bonds is 8. The number of allylic oxidation sites excluding steroid dienone is 1. The van der Waals surface area contributed by atoms with E-state index in [1.54, 1.807) is 7.11 Å². The van der Waals surface area contributed by atoms with Gasteiger partial charge in [-0.15, -0.1) is 0 Å². The highest BCUT2D eigenvalue weighted by Gasteiger charge is 2.25. The lowest BCUT2D eigenvalue weighted by molar-refractivity contribution is -0.119. The van der Waals surface area contributed by atoms with Crippen molar-refractivity contribution < 1.29 is 9.53 Å². The molecule has 4 nitrogen and oxygen atoms in total. The van der Waals surface area contributed by atoms with Crippen LogP contribution in [0.3, 0.4) is 0 Å². The van der Waals surface area contributed by atoms with Crippen molar-refractivity contribution in [2.24, 2.45) is 0 Å². The van der Waals surface area contributed by atoms with E-state index in [1.165, 1.54) is 27.8 Å². The number of fused-ring (bicyclic) bond motifs is 2. The summed E-state index contributed by atoms with van der Waals surface area (Å²) in [7, 11) is 5.85. The first kappa shape index (κ1) is 26.8. The molecule has 1 heterocycles. The number of ether oxygens (including phenoxy) is 1. The molecule has 33 heavy (non-hydrogen) atoms. The lowest BCUT2D eigenvalue weighted by Gasteiger charge is -2.18. The van der Waals surface area contributed by atoms with Crippen molar-refractivity contribution in [1.82, 2.24) is 9.47 Å². The molecule has 1 unspecified atom stereocenters. The number of carbonyl (C=O) groups is 1. The van der Waals surface area contributed by atoms with E-state index in [-0.39, 0.29) is 6.10 Å². The van der Waals surface area contributed by atoms with E-state index < -0.39 is 0 Å². The maximum Gasteiger partial charge on any atom is 0.152 e. The van der Waals surface area contributed by atoms with Crippen molar-refractivity contribution in [3.63, 3.8) is 0 Å². The van der Waals surface area contributed by atoms with E-state index in [0.717, 1.165) is 31.5 Å². The van der Waals surface area contributed by atoms with Crippen LogP contribution < -0.4 is 0 Å². The van der Waals surface area contributed by atoms with Gasteiger partial charge in [-0.05, 0) is 67.4 Å². The normalized spacial score (nSPS) is 15.6. The molecule has 2 aliphatic rings. The summed E-state index contributed by atoms with van der Waals surface area (Å²) in [6.07, 6.45) is 12.2. The lowest BCUT2D eigenvalue weighted by Crippen LogP contribution is -2.18. The summed E-state index contributed by atoms with van der Waals surface area (Å²) < 4.78 is 7.75. The second-order valence-electron chi connectivity index (χ2n) is 8.36. The van der Waals surface area contributed by atoms with E-state index in [9.17, 15) is 4.79 Å². The summed E-state index contributed by atoms with van der Waals surface area (Å²) >= 11 is 0. The topological polar surface area (TPSA) is 34.5 Å². The van der Waals surface area contributed by atoms with Gasteiger partial charge in [0.2, 0.25) is 0 Å². The van der Waals surface area contributed by atoms with Crippen LogP contribution in [-0.4, -0.2) is 49.1 Å². The third kappa shape index (κ3) is 6.78. The molecule has 0 aliphatic heterocycles. The van der Waals surface area contributed by atoms with Gasteiger partial charge in [0.05, 0.1) is 12.6 Å². The molecule has 0 saturated heterocycles. The van der Waals surface area contributed by atoms with Crippen LogP contribution in [0.2, 0.25) is 0 Å². The highest BCUT2D eigenvalue weighted by molar-refractivity contribution is 5.90. The molecule has 1 atom stereocenters. The molecule has 2 aromatic rings. The number of hydrogen-bond donors (Lipinski definition) is 0. The fourth-order valence-corrected chi connectivity index (χ4v) is 4.38. The van der Waals surface area contributed by atoms with Crippen LogP contribution >= 0.6 is 0 Å². The first-order valence-corrected chi connectivity index (χ1v) is 12.4. The van der Waals surface area contributed by atoms with Crippen LogP contribution in [0.25, 0.3) is 17.7 Å². The minimum absolute atomic E-state index is 0.0947. The van der Waals surface area contributed by atoms with Crippen molar-refractivity contribution in [3.05, 3.63) is 64.5 Å². The van der Waals surface area contributed by atoms with Crippen molar-refractivity contribution in [2.75, 3.05) is 27.7 Å². The van der Waals surface area contributed by atoms with Crippen LogP contribution in [0, 0.1) is 0 Å². The average molecular weight is 451 g/mol. The standard InChI is InChI=1S/C25H30N2O2.2C2H6/c1-26(2)12-6-9-21(28)16-27-17-24(23-15-22(29-3)10-11-25(23)27)20-13-18-7-4-5-8-19(18)14-20;2*1-2/h4-5,7-8,10-11,13,17,22H,6,9,12,14-16H2,1-3H3;2*1-2H3. The zero-order valence-corrected chi connectivity index (χ0v) is 21.6. The fraction of sp³-hybridized carbons (Fsp3) is 0.483. The van der Waals surface area contributed by atoms with Gasteiger partial charge in [0.15, 0.2) is 5.78 Å². The van der Waals surface area contributed by atoms with E-state index in [4.69, 9.17) is 4.74 Å². The summed E-state index contributed by atoms with van der Waals surface area (Å²) in [6.45, 7) is 9.39. The zero-order chi connectivity index (χ0) is 24.4. The molecule has 0 radical (unpaired) electrons. The molecular weight excluding hydrogens is 408 g/mol. The minimum atomic E-state index is 0.0947. The number of nitrogens with zero attached hydrogens (tertiary/aromatic N) is 2. The smallest absolute Gasteiger partial charge is 0.152 e. The molecule has 4 rings (SSSR count). The molecule has 0 fully saturated rings. The van der Waals surface area contributed by atoms with Gasteiger partial charge in [0.1, 0.15) is 0 Å². The first-order chi connectivity index (χ1) is 16.0. The van der Waals surface area contributed by atoms with Crippen LogP contribution in [0.5, 0.6) is 0 Å². The molecule has 0 bridgehead atoms. The maximum absolute atomic E-state index is 12.6. The maximum atomic E-state index is 12.6. The molecule has 4 heteroatoms. The second-order valence-corrected chi connectivity index (χ2v) is 8.36. The number of aromatic nitrogens is 1. The Morgan fingerprint density at radius 2 is 1.88 bits per heavy atom. The molecule has 180 valence electrons. The van der Waals surface area contributed by atoms with Gasteiger partial charge in [-0.25, -0.2) is 0 Å². The predicted molar refractivity (Wildman–Crippen MR) is 141 cm³/mol. The van der Waals surface area contributed by atoms with Gasteiger partial charge in [0.25, 0.3) is 0 Å². The quantitative estimate of drug-likeness (QED) is 0.485. The van der Waals surface area contributed by atoms with E-state index in [2.05, 4.69) is 58.2 Å². The number of carbonyl (C=O) groups excluding carboxylic acids is 1. The van der Waals surface area contributed by atoms with Crippen LogP contribution in [0.15, 0.2) is 36.5 Å². The van der Waals surface area contributed by atoms with Crippen molar-refractivity contribution in [3.8, 4) is 0 Å². The lowest BCUT2D eigenvalue weighted by atomic mass is 9.94. The third-order valence-corrected chi connectivity index (χ3v) is 5.92. The number of Topliss-reactive ketones (excluding diaryl/α,β-unsaturated/α-hetero) is 1. The molecule has 0 spiro atoms. The van der Waals surface area contributed by atoms with Crippen LogP contribution in [-0.2, 0) is 28.9 Å². The summed E-state index contributed by atoms with van der Waals surface area (Å²) in [6, 6.07) is 8.58. The molecule has 0 N–H and O–H groups in total. The Kier molecular flexibility index (Phi) is 10.8. The highest BCUT2D eigenvalue weighted by atomic mass is 16.5. The zero-order valence-electron chi connectivity index (χ0n) is 21.6. The van der Waals surface area contributed by atoms with Gasteiger partial charge in [-0.2, -0.15) is 0 Å². The molecule has 0 saturated carbocycles. The van der Waals surface area contributed by atoms with Gasteiger partial charge in [-0.1, -0.05) is 64.1 Å². The SMILES string of the molecule is CC.CC.COC1C=Cc2c(c(C3=Cc4ccccc4C3)cn2CC(=O)CCCN(C)C)C1. The number of benzene rings is 1. The van der Waals surface area contributed by atoms with Crippen molar-refractivity contribution in [1.29, 1.82) is 0 Å². The number of methoxy groups -OCH3 is 1. The van der Waals surface area contributed by atoms with E-state index in [0.29, 0.717) is 18.7 Å². The van der Waals surface area contributed by atoms with Crippen LogP contribution in [0.4, 0.5) is 0 Å². The third-order valence-electron chi connectivity index (χ3n) is 5.92. The Morgan fingerprint density at radius 1 is 1.15 bits per heavy atom. The molecule has 0 amide bonds. The number of hydrogen-bond acceptors (Lipinski definition) is 3. The van der Waals surface area contributed by atoms with Crippen molar-refractivity contribution in [2.45, 2.75) is 66.0 Å². The average Bonchev–Trinajstić information content (AvgIpc) is 3.42. The molecule has 2 aliphatic carbocycles. The van der Waals surface area contributed by atoms with Gasteiger partial charge < -0.3 is 14.2 Å². The largest absolute Gasteiger partial charge is 0.377 e. The van der Waals surface area contributed by atoms with Crippen molar-refractivity contribution >= 4 is 23.5 Å². The highest BCUT2D eigenvalue weighted by Crippen LogP contribution is 2.37. The fourth-order valence-electron chi connectivity index (χ4n) is 4.38. The summed E-state index contributed by atoms with van der Waals surface area (Å²) in [5.41, 5.74) is 7.75. The Hall–Kier alpha value is -2.43. The Bertz CT molecular complexity index is 966. The Balaban J connectivity index is 0.000000914. The summed E-state index contributed by atoms with van der Waals surface area (Å²) in [4.78, 5) is 14.7. The van der Waals surface area contributed by atoms with Crippen LogP contribution in [0.1, 0.15) is 68.5 Å². The first-order valence-electron chi connectivity index (χ1n) is 12.4. The molecule has 1 aromatic carbocycles. The second kappa shape index (κ2) is 13.3. The Labute approximate surface area is 200 Å². The van der Waals surface area contributed by atoms with Gasteiger partial charge in [-0.3, -0.25) is 4.79 Å². The van der Waals surface area contributed by atoms with Gasteiger partial charge >= 0.3 is 0 Å².